The number of nitrogens with zero attached hydrogens (tertiary/aromatic N) is 2. The van der Waals surface area contributed by atoms with Gasteiger partial charge in [-0.1, -0.05) is 6.42 Å². The predicted octanol–water partition coefficient (Wildman–Crippen LogP) is 2.75. The van der Waals surface area contributed by atoms with Gasteiger partial charge in [0, 0.05) is 25.7 Å². The highest BCUT2D eigenvalue weighted by atomic mass is 16.5. The Morgan fingerprint density at radius 2 is 1.75 bits per heavy atom. The summed E-state index contributed by atoms with van der Waals surface area (Å²) in [5.74, 6) is 3.56. The summed E-state index contributed by atoms with van der Waals surface area (Å²) in [7, 11) is 0. The first-order valence-electron chi connectivity index (χ1n) is 11.9. The molecule has 2 saturated heterocycles. The summed E-state index contributed by atoms with van der Waals surface area (Å²) < 4.78 is 5.86. The first-order chi connectivity index (χ1) is 13.5. The lowest BCUT2D eigenvalue weighted by molar-refractivity contribution is -0.123. The second-order valence-electron chi connectivity index (χ2n) is 10.4. The second kappa shape index (κ2) is 9.01. The number of carbonyl (C=O) groups is 1. The molecule has 28 heavy (non-hydrogen) atoms. The molecule has 2 aliphatic heterocycles. The van der Waals surface area contributed by atoms with E-state index in [1.807, 2.05) is 0 Å². The molecule has 4 fully saturated rings. The van der Waals surface area contributed by atoms with Gasteiger partial charge in [-0.15, -0.1) is 0 Å². The normalized spacial score (nSPS) is 38.6. The van der Waals surface area contributed by atoms with Crippen molar-refractivity contribution in [3.05, 3.63) is 0 Å². The van der Waals surface area contributed by atoms with Crippen LogP contribution in [0.1, 0.15) is 59.3 Å². The first kappa shape index (κ1) is 20.6. The predicted molar refractivity (Wildman–Crippen MR) is 112 cm³/mol. The molecule has 160 valence electrons. The van der Waals surface area contributed by atoms with Gasteiger partial charge in [-0.05, 0) is 89.6 Å². The molecule has 0 radical (unpaired) electrons. The van der Waals surface area contributed by atoms with Crippen molar-refractivity contribution in [1.29, 1.82) is 0 Å². The van der Waals surface area contributed by atoms with Crippen LogP contribution in [0.15, 0.2) is 0 Å². The molecule has 4 aliphatic rings. The van der Waals surface area contributed by atoms with E-state index in [2.05, 4.69) is 35.9 Å². The summed E-state index contributed by atoms with van der Waals surface area (Å²) in [6, 6.07) is 0.352. The van der Waals surface area contributed by atoms with E-state index >= 15 is 0 Å². The average molecular weight is 392 g/mol. The number of hydrogen-bond acceptors (Lipinski definition) is 4. The van der Waals surface area contributed by atoms with E-state index in [1.165, 1.54) is 45.1 Å². The lowest BCUT2D eigenvalue weighted by Crippen LogP contribution is -2.49. The zero-order valence-corrected chi connectivity index (χ0v) is 18.2. The van der Waals surface area contributed by atoms with E-state index in [-0.39, 0.29) is 5.91 Å². The highest BCUT2D eigenvalue weighted by molar-refractivity contribution is 5.78. The highest BCUT2D eigenvalue weighted by Gasteiger charge is 2.42. The van der Waals surface area contributed by atoms with Crippen LogP contribution in [-0.4, -0.2) is 73.2 Å². The highest BCUT2D eigenvalue weighted by Crippen LogP contribution is 2.49. The van der Waals surface area contributed by atoms with Gasteiger partial charge in [0.2, 0.25) is 5.91 Å². The van der Waals surface area contributed by atoms with Crippen LogP contribution in [0.4, 0.5) is 0 Å². The number of nitrogens with one attached hydrogen (secondary N) is 1. The third kappa shape index (κ3) is 5.09. The van der Waals surface area contributed by atoms with Gasteiger partial charge in [-0.25, -0.2) is 0 Å². The maximum absolute atomic E-state index is 12.6. The van der Waals surface area contributed by atoms with Gasteiger partial charge in [0.25, 0.3) is 0 Å². The minimum absolute atomic E-state index is 0.240. The lowest BCUT2D eigenvalue weighted by atomic mass is 9.84. The summed E-state index contributed by atoms with van der Waals surface area (Å²) in [6.45, 7) is 12.6. The zero-order chi connectivity index (χ0) is 19.7. The van der Waals surface area contributed by atoms with Crippen LogP contribution >= 0.6 is 0 Å². The molecule has 0 aromatic heterocycles. The lowest BCUT2D eigenvalue weighted by Gasteiger charge is -2.39. The summed E-state index contributed by atoms with van der Waals surface area (Å²) in [5, 5.41) is 3.34. The molecule has 2 bridgehead atoms. The molecule has 0 aromatic rings. The van der Waals surface area contributed by atoms with E-state index < -0.39 is 0 Å². The van der Waals surface area contributed by atoms with Crippen LogP contribution in [0.25, 0.3) is 0 Å². The van der Waals surface area contributed by atoms with Gasteiger partial charge < -0.3 is 10.1 Å². The fourth-order valence-corrected chi connectivity index (χ4v) is 6.64. The molecule has 5 heteroatoms. The first-order valence-corrected chi connectivity index (χ1v) is 11.9. The van der Waals surface area contributed by atoms with Crippen molar-refractivity contribution in [3.63, 3.8) is 0 Å². The molecule has 5 nitrogen and oxygen atoms in total. The van der Waals surface area contributed by atoms with Gasteiger partial charge in [-0.2, -0.15) is 0 Å². The maximum Gasteiger partial charge on any atom is 0.234 e. The van der Waals surface area contributed by atoms with Crippen LogP contribution < -0.4 is 5.32 Å². The minimum Gasteiger partial charge on any atom is -0.373 e. The van der Waals surface area contributed by atoms with Gasteiger partial charge in [0.1, 0.15) is 0 Å². The molecule has 0 spiro atoms. The molecule has 0 aromatic carbocycles. The Bertz CT molecular complexity index is 524. The number of morpholine rings is 1. The molecular formula is C23H41N3O2. The summed E-state index contributed by atoms with van der Waals surface area (Å²) >= 11 is 0. The van der Waals surface area contributed by atoms with Crippen molar-refractivity contribution in [2.75, 3.05) is 39.3 Å². The standard InChI is InChI=1S/C23H41N3O2/c1-16-12-26(13-17(2)28-16)14-19-6-8-25(9-7-19)15-23(27)24-18(3)22-11-20-4-5-21(22)10-20/h16-22H,4-15H2,1-3H3,(H,24,27)/t16-,17+,18-,20+,21+,22-/m1/s1. The van der Waals surface area contributed by atoms with Gasteiger partial charge >= 0.3 is 0 Å². The van der Waals surface area contributed by atoms with Crippen LogP contribution in [-0.2, 0) is 9.53 Å². The molecule has 2 saturated carbocycles. The van der Waals surface area contributed by atoms with Gasteiger partial charge in [-0.3, -0.25) is 14.6 Å². The molecule has 0 unspecified atom stereocenters. The number of amides is 1. The number of hydrogen-bond donors (Lipinski definition) is 1. The second-order valence-corrected chi connectivity index (χ2v) is 10.4. The van der Waals surface area contributed by atoms with Crippen molar-refractivity contribution in [1.82, 2.24) is 15.1 Å². The van der Waals surface area contributed by atoms with Crippen molar-refractivity contribution < 1.29 is 9.53 Å². The SMILES string of the molecule is C[C@@H]1CN(CC2CCN(CC(=O)N[C@H](C)[C@H]3C[C@H]4CC[C@H]3C4)CC2)C[C@H](C)O1. The largest absolute Gasteiger partial charge is 0.373 e. The third-order valence-corrected chi connectivity index (χ3v) is 7.91. The molecule has 2 heterocycles. The quantitative estimate of drug-likeness (QED) is 0.756. The fourth-order valence-electron chi connectivity index (χ4n) is 6.64. The van der Waals surface area contributed by atoms with Crippen LogP contribution in [0, 0.1) is 23.7 Å². The van der Waals surface area contributed by atoms with E-state index in [9.17, 15) is 4.79 Å². The van der Waals surface area contributed by atoms with Gasteiger partial charge in [0.05, 0.1) is 18.8 Å². The van der Waals surface area contributed by atoms with E-state index in [1.54, 1.807) is 0 Å². The van der Waals surface area contributed by atoms with Gasteiger partial charge in [0.15, 0.2) is 0 Å². The topological polar surface area (TPSA) is 44.8 Å². The smallest absolute Gasteiger partial charge is 0.234 e. The number of likely N-dealkylation sites (tertiary alicyclic amines) is 1. The number of ether oxygens (including phenoxy) is 1. The Kier molecular flexibility index (Phi) is 6.63. The van der Waals surface area contributed by atoms with Crippen molar-refractivity contribution >= 4 is 5.91 Å². The number of carbonyl (C=O) groups excluding carboxylic acids is 1. The Morgan fingerprint density at radius 1 is 1.04 bits per heavy atom. The van der Waals surface area contributed by atoms with E-state index in [0.29, 0.717) is 24.8 Å². The average Bonchev–Trinajstić information content (AvgIpc) is 3.26. The van der Waals surface area contributed by atoms with E-state index in [4.69, 9.17) is 4.74 Å². The summed E-state index contributed by atoms with van der Waals surface area (Å²) in [4.78, 5) is 17.5. The Balaban J connectivity index is 1.15. The summed E-state index contributed by atoms with van der Waals surface area (Å²) in [6.07, 6.45) is 8.72. The van der Waals surface area contributed by atoms with E-state index in [0.717, 1.165) is 49.9 Å². The molecular weight excluding hydrogens is 350 g/mol. The Hall–Kier alpha value is -0.650. The van der Waals surface area contributed by atoms with Crippen LogP contribution in [0.5, 0.6) is 0 Å². The monoisotopic (exact) mass is 391 g/mol. The van der Waals surface area contributed by atoms with Crippen molar-refractivity contribution in [2.45, 2.75) is 77.5 Å². The Labute approximate surface area is 171 Å². The van der Waals surface area contributed by atoms with Crippen molar-refractivity contribution in [3.8, 4) is 0 Å². The zero-order valence-electron chi connectivity index (χ0n) is 18.2. The van der Waals surface area contributed by atoms with Crippen molar-refractivity contribution in [2.24, 2.45) is 23.7 Å². The molecule has 4 rings (SSSR count). The number of piperidine rings is 1. The Morgan fingerprint density at radius 3 is 2.36 bits per heavy atom. The molecule has 1 N–H and O–H groups in total. The van der Waals surface area contributed by atoms with Crippen LogP contribution in [0.3, 0.4) is 0 Å². The molecule has 1 amide bonds. The third-order valence-electron chi connectivity index (χ3n) is 7.91. The molecule has 2 aliphatic carbocycles. The number of rotatable bonds is 6. The number of fused-ring (bicyclic) bond motifs is 2. The summed E-state index contributed by atoms with van der Waals surface area (Å²) in [5.41, 5.74) is 0. The minimum atomic E-state index is 0.240. The van der Waals surface area contributed by atoms with Crippen LogP contribution in [0.2, 0.25) is 0 Å². The fraction of sp³-hybridized carbons (Fsp3) is 0.957. The molecule has 6 atom stereocenters. The maximum atomic E-state index is 12.6.